The zero-order valence-corrected chi connectivity index (χ0v) is 15.8. The van der Waals surface area contributed by atoms with E-state index in [-0.39, 0.29) is 12.4 Å². The molecule has 0 fully saturated rings. The molecule has 0 bridgehead atoms. The van der Waals surface area contributed by atoms with Crippen LogP contribution in [0.25, 0.3) is 0 Å². The fourth-order valence-electron chi connectivity index (χ4n) is 2.76. The molecule has 0 aromatic heterocycles. The number of amides is 1. The summed E-state index contributed by atoms with van der Waals surface area (Å²) < 4.78 is 10.1. The highest BCUT2D eigenvalue weighted by Gasteiger charge is 2.23. The first-order valence-corrected chi connectivity index (χ1v) is 9.09. The number of methoxy groups -OCH3 is 1. The highest BCUT2D eigenvalue weighted by Crippen LogP contribution is 2.26. The lowest BCUT2D eigenvalue weighted by Gasteiger charge is -2.19. The van der Waals surface area contributed by atoms with E-state index in [1.807, 2.05) is 0 Å². The van der Waals surface area contributed by atoms with Crippen LogP contribution in [0.15, 0.2) is 42.0 Å². The number of carbonyl (C=O) groups is 2. The third-order valence-electron chi connectivity index (χ3n) is 4.11. The maximum Gasteiger partial charge on any atom is 0.407 e. The molecular formula is C20H24ClNO4. The van der Waals surface area contributed by atoms with Gasteiger partial charge >= 0.3 is 6.09 Å². The van der Waals surface area contributed by atoms with Crippen LogP contribution in [-0.4, -0.2) is 31.6 Å². The number of ketones is 1. The number of ether oxygens (including phenoxy) is 2. The summed E-state index contributed by atoms with van der Waals surface area (Å²) >= 11 is 6.03. The SMILES string of the molecule is CCOC(=O)NC(CCC1=CCCC=C1)C(=O)c1ccc(Cl)c(OC)c1. The van der Waals surface area contributed by atoms with E-state index < -0.39 is 12.1 Å². The van der Waals surface area contributed by atoms with Gasteiger partial charge in [-0.25, -0.2) is 4.79 Å². The first kappa shape index (κ1) is 20.0. The average Bonchev–Trinajstić information content (AvgIpc) is 2.66. The van der Waals surface area contributed by atoms with Crippen molar-refractivity contribution in [1.82, 2.24) is 5.32 Å². The molecular weight excluding hydrogens is 354 g/mol. The van der Waals surface area contributed by atoms with Gasteiger partial charge in [0.15, 0.2) is 5.78 Å². The summed E-state index contributed by atoms with van der Waals surface area (Å²) in [5, 5.41) is 3.10. The number of carbonyl (C=O) groups excluding carboxylic acids is 2. The summed E-state index contributed by atoms with van der Waals surface area (Å²) in [6, 6.07) is 4.15. The first-order valence-electron chi connectivity index (χ1n) is 8.71. The second-order valence-corrected chi connectivity index (χ2v) is 6.34. The van der Waals surface area contributed by atoms with Crippen molar-refractivity contribution in [2.75, 3.05) is 13.7 Å². The van der Waals surface area contributed by atoms with Gasteiger partial charge in [0.2, 0.25) is 0 Å². The topological polar surface area (TPSA) is 64.6 Å². The van der Waals surface area contributed by atoms with E-state index in [9.17, 15) is 9.59 Å². The van der Waals surface area contributed by atoms with E-state index in [4.69, 9.17) is 21.1 Å². The van der Waals surface area contributed by atoms with Crippen LogP contribution in [0.4, 0.5) is 4.79 Å². The average molecular weight is 378 g/mol. The summed E-state index contributed by atoms with van der Waals surface area (Å²) in [7, 11) is 1.49. The van der Waals surface area contributed by atoms with Gasteiger partial charge in [-0.05, 0) is 50.8 Å². The number of hydrogen-bond acceptors (Lipinski definition) is 4. The molecule has 1 amide bonds. The standard InChI is InChI=1S/C20H24ClNO4/c1-3-26-20(24)22-17(12-9-14-7-5-4-6-8-14)19(23)15-10-11-16(21)18(13-15)25-2/h5,7-8,10-11,13,17H,3-4,6,9,12H2,1-2H3,(H,22,24). The second-order valence-electron chi connectivity index (χ2n) is 5.93. The number of alkyl carbamates (subject to hydrolysis) is 1. The number of Topliss-reactive ketones (excluding diaryl/α,β-unsaturated/α-hetero) is 1. The summed E-state index contributed by atoms with van der Waals surface area (Å²) in [6.07, 6.45) is 8.98. The minimum atomic E-state index is -0.684. The molecule has 0 saturated carbocycles. The lowest BCUT2D eigenvalue weighted by molar-refractivity contribution is 0.0918. The molecule has 0 aliphatic heterocycles. The Morgan fingerprint density at radius 2 is 2.12 bits per heavy atom. The van der Waals surface area contributed by atoms with Gasteiger partial charge in [0.05, 0.1) is 24.8 Å². The van der Waals surface area contributed by atoms with Crippen molar-refractivity contribution < 1.29 is 19.1 Å². The molecule has 0 saturated heterocycles. The fourth-order valence-corrected chi connectivity index (χ4v) is 2.96. The summed E-state index contributed by atoms with van der Waals surface area (Å²) in [5.41, 5.74) is 1.61. The Balaban J connectivity index is 2.15. The van der Waals surface area contributed by atoms with Crippen LogP contribution in [0.3, 0.4) is 0 Å². The minimum Gasteiger partial charge on any atom is -0.495 e. The monoisotopic (exact) mass is 377 g/mol. The summed E-state index contributed by atoms with van der Waals surface area (Å²) in [5.74, 6) is 0.221. The normalized spacial score (nSPS) is 14.3. The van der Waals surface area contributed by atoms with Crippen LogP contribution < -0.4 is 10.1 Å². The van der Waals surface area contributed by atoms with Crippen molar-refractivity contribution in [3.05, 3.63) is 52.6 Å². The van der Waals surface area contributed by atoms with E-state index >= 15 is 0 Å². The van der Waals surface area contributed by atoms with Crippen LogP contribution in [0.5, 0.6) is 5.75 Å². The Labute approximate surface area is 159 Å². The van der Waals surface area contributed by atoms with Crippen molar-refractivity contribution in [3.8, 4) is 5.75 Å². The molecule has 0 heterocycles. The molecule has 26 heavy (non-hydrogen) atoms. The van der Waals surface area contributed by atoms with Crippen LogP contribution in [0.2, 0.25) is 5.02 Å². The van der Waals surface area contributed by atoms with Crippen molar-refractivity contribution >= 4 is 23.5 Å². The predicted molar refractivity (Wildman–Crippen MR) is 102 cm³/mol. The smallest absolute Gasteiger partial charge is 0.407 e. The second kappa shape index (κ2) is 10.0. The molecule has 140 valence electrons. The van der Waals surface area contributed by atoms with Gasteiger partial charge in [0.25, 0.3) is 0 Å². The van der Waals surface area contributed by atoms with Crippen molar-refractivity contribution in [2.24, 2.45) is 0 Å². The molecule has 5 nitrogen and oxygen atoms in total. The first-order chi connectivity index (χ1) is 12.5. The van der Waals surface area contributed by atoms with E-state index in [1.165, 1.54) is 12.7 Å². The van der Waals surface area contributed by atoms with Gasteiger partial charge in [-0.1, -0.05) is 35.4 Å². The number of rotatable bonds is 8. The molecule has 0 spiro atoms. The zero-order valence-electron chi connectivity index (χ0n) is 15.1. The molecule has 1 unspecified atom stereocenters. The van der Waals surface area contributed by atoms with Gasteiger partial charge in [-0.2, -0.15) is 0 Å². The number of halogens is 1. The van der Waals surface area contributed by atoms with Gasteiger partial charge < -0.3 is 14.8 Å². The molecule has 6 heteroatoms. The Morgan fingerprint density at radius 1 is 1.31 bits per heavy atom. The van der Waals surface area contributed by atoms with E-state index in [0.717, 1.165) is 12.8 Å². The Morgan fingerprint density at radius 3 is 2.77 bits per heavy atom. The molecule has 1 aromatic carbocycles. The van der Waals surface area contributed by atoms with Crippen molar-refractivity contribution in [3.63, 3.8) is 0 Å². The molecule has 1 atom stereocenters. The lowest BCUT2D eigenvalue weighted by Crippen LogP contribution is -2.41. The van der Waals surface area contributed by atoms with E-state index in [2.05, 4.69) is 23.5 Å². The van der Waals surface area contributed by atoms with E-state index in [1.54, 1.807) is 25.1 Å². The third-order valence-corrected chi connectivity index (χ3v) is 4.43. The number of benzene rings is 1. The van der Waals surface area contributed by atoms with Crippen LogP contribution in [0.1, 0.15) is 43.0 Å². The fraction of sp³-hybridized carbons (Fsp3) is 0.400. The largest absolute Gasteiger partial charge is 0.495 e. The Kier molecular flexibility index (Phi) is 7.73. The summed E-state index contributed by atoms with van der Waals surface area (Å²) in [4.78, 5) is 24.8. The van der Waals surface area contributed by atoms with Gasteiger partial charge in [-0.3, -0.25) is 4.79 Å². The highest BCUT2D eigenvalue weighted by atomic mass is 35.5. The van der Waals surface area contributed by atoms with E-state index in [0.29, 0.717) is 29.2 Å². The molecule has 1 aliphatic carbocycles. The molecule has 2 rings (SSSR count). The lowest BCUT2D eigenvalue weighted by atomic mass is 9.95. The van der Waals surface area contributed by atoms with Crippen LogP contribution >= 0.6 is 11.6 Å². The minimum absolute atomic E-state index is 0.201. The molecule has 1 aliphatic rings. The zero-order chi connectivity index (χ0) is 18.9. The molecule has 0 radical (unpaired) electrons. The molecule has 1 N–H and O–H groups in total. The maximum atomic E-state index is 12.9. The van der Waals surface area contributed by atoms with Crippen molar-refractivity contribution in [2.45, 2.75) is 38.6 Å². The number of nitrogens with one attached hydrogen (secondary N) is 1. The number of hydrogen-bond donors (Lipinski definition) is 1. The number of allylic oxidation sites excluding steroid dienone is 4. The predicted octanol–water partition coefficient (Wildman–Crippen LogP) is 4.70. The quantitative estimate of drug-likeness (QED) is 0.667. The molecule has 1 aromatic rings. The van der Waals surface area contributed by atoms with Crippen LogP contribution in [0, 0.1) is 0 Å². The van der Waals surface area contributed by atoms with Gasteiger partial charge in [0, 0.05) is 5.56 Å². The van der Waals surface area contributed by atoms with Gasteiger partial charge in [0.1, 0.15) is 5.75 Å². The van der Waals surface area contributed by atoms with Gasteiger partial charge in [-0.15, -0.1) is 0 Å². The highest BCUT2D eigenvalue weighted by molar-refractivity contribution is 6.32. The maximum absolute atomic E-state index is 12.9. The summed E-state index contributed by atoms with van der Waals surface area (Å²) in [6.45, 7) is 1.97. The van der Waals surface area contributed by atoms with Crippen LogP contribution in [-0.2, 0) is 4.74 Å². The Bertz CT molecular complexity index is 712. The third kappa shape index (κ3) is 5.63. The Hall–Kier alpha value is -2.27. The van der Waals surface area contributed by atoms with Crippen molar-refractivity contribution in [1.29, 1.82) is 0 Å².